The molecule has 154 valence electrons. The van der Waals surface area contributed by atoms with Crippen molar-refractivity contribution in [3.63, 3.8) is 0 Å². The Balaban J connectivity index is 1.38. The van der Waals surface area contributed by atoms with E-state index in [1.165, 1.54) is 4.31 Å². The molecule has 0 radical (unpaired) electrons. The first-order valence-corrected chi connectivity index (χ1v) is 11.2. The molecule has 0 saturated carbocycles. The Morgan fingerprint density at radius 3 is 2.62 bits per heavy atom. The first-order valence-electron chi connectivity index (χ1n) is 9.75. The molecule has 2 heterocycles. The molecule has 0 spiro atoms. The number of benzene rings is 2. The van der Waals surface area contributed by atoms with Crippen molar-refractivity contribution in [3.8, 4) is 11.5 Å². The zero-order chi connectivity index (χ0) is 20.3. The van der Waals surface area contributed by atoms with E-state index in [-0.39, 0.29) is 23.3 Å². The zero-order valence-electron chi connectivity index (χ0n) is 16.0. The van der Waals surface area contributed by atoms with Crippen LogP contribution in [0.3, 0.4) is 0 Å². The molecule has 29 heavy (non-hydrogen) atoms. The predicted molar refractivity (Wildman–Crippen MR) is 107 cm³/mol. The highest BCUT2D eigenvalue weighted by atomic mass is 32.2. The smallest absolute Gasteiger partial charge is 0.243 e. The van der Waals surface area contributed by atoms with Gasteiger partial charge < -0.3 is 14.8 Å². The third kappa shape index (κ3) is 4.38. The Kier molecular flexibility index (Phi) is 5.73. The van der Waals surface area contributed by atoms with Gasteiger partial charge in [-0.15, -0.1) is 0 Å². The van der Waals surface area contributed by atoms with Crippen molar-refractivity contribution < 1.29 is 22.7 Å². The second kappa shape index (κ2) is 8.42. The van der Waals surface area contributed by atoms with Gasteiger partial charge in [0.25, 0.3) is 0 Å². The summed E-state index contributed by atoms with van der Waals surface area (Å²) < 4.78 is 38.2. The monoisotopic (exact) mass is 416 g/mol. The van der Waals surface area contributed by atoms with Crippen molar-refractivity contribution in [3.05, 3.63) is 54.1 Å². The molecule has 1 unspecified atom stereocenters. The van der Waals surface area contributed by atoms with Crippen LogP contribution in [0.25, 0.3) is 0 Å². The van der Waals surface area contributed by atoms with Crippen LogP contribution in [0.1, 0.15) is 18.4 Å². The van der Waals surface area contributed by atoms with Gasteiger partial charge in [-0.1, -0.05) is 24.3 Å². The van der Waals surface area contributed by atoms with Gasteiger partial charge in [0.05, 0.1) is 10.8 Å². The Bertz CT molecular complexity index is 978. The maximum atomic E-state index is 12.8. The van der Waals surface area contributed by atoms with Crippen LogP contribution >= 0.6 is 0 Å². The summed E-state index contributed by atoms with van der Waals surface area (Å²) in [5.74, 6) is 0.897. The molecular formula is C21H24N2O5S. The fourth-order valence-electron chi connectivity index (χ4n) is 3.65. The molecule has 8 heteroatoms. The molecule has 0 aromatic heterocycles. The van der Waals surface area contributed by atoms with E-state index in [0.29, 0.717) is 50.6 Å². The summed E-state index contributed by atoms with van der Waals surface area (Å²) in [6.45, 7) is 2.04. The van der Waals surface area contributed by atoms with Crippen LogP contribution in [-0.2, 0) is 21.4 Å². The highest BCUT2D eigenvalue weighted by Gasteiger charge is 2.33. The minimum absolute atomic E-state index is 0.132. The van der Waals surface area contributed by atoms with Gasteiger partial charge in [-0.05, 0) is 42.7 Å². The number of ether oxygens (including phenoxy) is 2. The zero-order valence-corrected chi connectivity index (χ0v) is 16.9. The summed E-state index contributed by atoms with van der Waals surface area (Å²) in [4.78, 5) is 12.9. The molecule has 2 aliphatic rings. The minimum atomic E-state index is -3.58. The predicted octanol–water partition coefficient (Wildman–Crippen LogP) is 2.17. The Morgan fingerprint density at radius 2 is 1.83 bits per heavy atom. The van der Waals surface area contributed by atoms with E-state index in [1.807, 2.05) is 18.2 Å². The summed E-state index contributed by atoms with van der Waals surface area (Å²) in [7, 11) is -3.58. The number of sulfonamides is 1. The van der Waals surface area contributed by atoms with Crippen molar-refractivity contribution in [1.82, 2.24) is 9.62 Å². The number of rotatable bonds is 5. The van der Waals surface area contributed by atoms with Crippen LogP contribution in [0, 0.1) is 5.92 Å². The lowest BCUT2D eigenvalue weighted by molar-refractivity contribution is -0.126. The second-order valence-electron chi connectivity index (χ2n) is 7.21. The summed E-state index contributed by atoms with van der Waals surface area (Å²) in [5.41, 5.74) is 0.909. The Hall–Kier alpha value is -2.58. The van der Waals surface area contributed by atoms with Crippen molar-refractivity contribution in [2.45, 2.75) is 24.3 Å². The molecule has 1 fully saturated rings. The largest absolute Gasteiger partial charge is 0.486 e. The number of amides is 1. The Labute approximate surface area is 170 Å². The molecule has 1 atom stereocenters. The van der Waals surface area contributed by atoms with Crippen LogP contribution in [0.15, 0.2) is 53.4 Å². The number of nitrogens with zero attached hydrogens (tertiary/aromatic N) is 1. The minimum Gasteiger partial charge on any atom is -0.486 e. The fourth-order valence-corrected chi connectivity index (χ4v) is 5.19. The van der Waals surface area contributed by atoms with E-state index >= 15 is 0 Å². The molecule has 2 aromatic carbocycles. The third-order valence-corrected chi connectivity index (χ3v) is 7.09. The van der Waals surface area contributed by atoms with Crippen LogP contribution in [0.5, 0.6) is 11.5 Å². The fraction of sp³-hybridized carbons (Fsp3) is 0.381. The van der Waals surface area contributed by atoms with E-state index < -0.39 is 10.0 Å². The summed E-state index contributed by atoms with van der Waals surface area (Å²) in [5, 5.41) is 2.93. The quantitative estimate of drug-likeness (QED) is 0.808. The van der Waals surface area contributed by atoms with Gasteiger partial charge >= 0.3 is 0 Å². The van der Waals surface area contributed by atoms with Crippen LogP contribution in [0.2, 0.25) is 0 Å². The molecule has 2 aromatic rings. The molecule has 4 rings (SSSR count). The van der Waals surface area contributed by atoms with Crippen molar-refractivity contribution in [2.24, 2.45) is 5.92 Å². The number of nitrogens with one attached hydrogen (secondary N) is 1. The maximum absolute atomic E-state index is 12.8. The van der Waals surface area contributed by atoms with Crippen molar-refractivity contribution >= 4 is 15.9 Å². The van der Waals surface area contributed by atoms with Crippen molar-refractivity contribution in [1.29, 1.82) is 0 Å². The van der Waals surface area contributed by atoms with Crippen LogP contribution < -0.4 is 14.8 Å². The molecule has 1 amide bonds. The van der Waals surface area contributed by atoms with E-state index in [9.17, 15) is 13.2 Å². The number of hydrogen-bond acceptors (Lipinski definition) is 5. The number of hydrogen-bond donors (Lipinski definition) is 1. The van der Waals surface area contributed by atoms with Crippen molar-refractivity contribution in [2.75, 3.05) is 26.3 Å². The molecule has 1 N–H and O–H groups in total. The number of carbonyl (C=O) groups is 1. The normalized spacial score (nSPS) is 19.5. The Morgan fingerprint density at radius 1 is 1.07 bits per heavy atom. The topological polar surface area (TPSA) is 84.9 Å². The first kappa shape index (κ1) is 19.7. The maximum Gasteiger partial charge on any atom is 0.243 e. The second-order valence-corrected chi connectivity index (χ2v) is 9.15. The molecule has 7 nitrogen and oxygen atoms in total. The van der Waals surface area contributed by atoms with Gasteiger partial charge in [0.15, 0.2) is 11.5 Å². The summed E-state index contributed by atoms with van der Waals surface area (Å²) >= 11 is 0. The van der Waals surface area contributed by atoms with E-state index in [4.69, 9.17) is 9.47 Å². The number of piperidine rings is 1. The van der Waals surface area contributed by atoms with Gasteiger partial charge in [-0.3, -0.25) is 4.79 Å². The van der Waals surface area contributed by atoms with E-state index in [0.717, 1.165) is 5.56 Å². The molecule has 2 aliphatic heterocycles. The lowest BCUT2D eigenvalue weighted by atomic mass is 9.98. The van der Waals surface area contributed by atoms with E-state index in [2.05, 4.69) is 5.32 Å². The van der Waals surface area contributed by atoms with Gasteiger partial charge in [0, 0.05) is 19.6 Å². The average Bonchev–Trinajstić information content (AvgIpc) is 2.78. The van der Waals surface area contributed by atoms with Gasteiger partial charge in [-0.2, -0.15) is 4.31 Å². The lowest BCUT2D eigenvalue weighted by Gasteiger charge is -2.31. The summed E-state index contributed by atoms with van der Waals surface area (Å²) in [6.07, 6.45) is 1.34. The van der Waals surface area contributed by atoms with Gasteiger partial charge in [-0.25, -0.2) is 8.42 Å². The average molecular weight is 416 g/mol. The highest BCUT2D eigenvalue weighted by Crippen LogP contribution is 2.31. The molecule has 0 aliphatic carbocycles. The SMILES string of the molecule is O=C(NCc1ccc2c(c1)OCCO2)C1CCCN(S(=O)(=O)c2ccccc2)C1. The summed E-state index contributed by atoms with van der Waals surface area (Å²) in [6, 6.07) is 13.9. The molecular weight excluding hydrogens is 392 g/mol. The lowest BCUT2D eigenvalue weighted by Crippen LogP contribution is -2.45. The number of carbonyl (C=O) groups excluding carboxylic acids is 1. The molecule has 1 saturated heterocycles. The van der Waals surface area contributed by atoms with Crippen LogP contribution in [0.4, 0.5) is 0 Å². The van der Waals surface area contributed by atoms with E-state index in [1.54, 1.807) is 30.3 Å². The standard InChI is InChI=1S/C21H24N2O5S/c24-21(22-14-16-8-9-19-20(13-16)28-12-11-27-19)17-5-4-10-23(15-17)29(25,26)18-6-2-1-3-7-18/h1-3,6-9,13,17H,4-5,10-12,14-15H2,(H,22,24). The first-order chi connectivity index (χ1) is 14.0. The van der Waals surface area contributed by atoms with Gasteiger partial charge in [0.1, 0.15) is 13.2 Å². The number of fused-ring (bicyclic) bond motifs is 1. The van der Waals surface area contributed by atoms with Gasteiger partial charge in [0.2, 0.25) is 15.9 Å². The van der Waals surface area contributed by atoms with Crippen LogP contribution in [-0.4, -0.2) is 44.9 Å². The third-order valence-electron chi connectivity index (χ3n) is 5.21. The highest BCUT2D eigenvalue weighted by molar-refractivity contribution is 7.89. The molecule has 0 bridgehead atoms.